The number of nitrogens with zero attached hydrogens (tertiary/aromatic N) is 1. The molecule has 0 aliphatic rings. The molecule has 138 valence electrons. The van der Waals surface area contributed by atoms with E-state index < -0.39 is 10.9 Å². The lowest BCUT2D eigenvalue weighted by molar-refractivity contribution is -0.385. The van der Waals surface area contributed by atoms with Crippen LogP contribution in [0.2, 0.25) is 0 Å². The summed E-state index contributed by atoms with van der Waals surface area (Å²) in [6.45, 7) is 2.07. The van der Waals surface area contributed by atoms with E-state index >= 15 is 0 Å². The number of hydrogen-bond acceptors (Lipinski definition) is 7. The molecule has 2 aromatic rings. The summed E-state index contributed by atoms with van der Waals surface area (Å²) in [5.41, 5.74) is 0.562. The Bertz CT molecular complexity index is 804. The van der Waals surface area contributed by atoms with Gasteiger partial charge in [-0.05, 0) is 31.2 Å². The van der Waals surface area contributed by atoms with Crippen LogP contribution in [0.25, 0.3) is 0 Å². The number of esters is 1. The van der Waals surface area contributed by atoms with E-state index in [-0.39, 0.29) is 17.9 Å². The zero-order valence-corrected chi connectivity index (χ0v) is 14.7. The first kappa shape index (κ1) is 19.0. The number of carbonyl (C=O) groups excluding carboxylic acids is 1. The Morgan fingerprint density at radius 1 is 1.04 bits per heavy atom. The summed E-state index contributed by atoms with van der Waals surface area (Å²) in [4.78, 5) is 22.7. The normalized spacial score (nSPS) is 10.1. The fourth-order valence-electron chi connectivity index (χ4n) is 2.29. The molecule has 8 nitrogen and oxygen atoms in total. The summed E-state index contributed by atoms with van der Waals surface area (Å²) in [7, 11) is 2.94. The van der Waals surface area contributed by atoms with Crippen molar-refractivity contribution in [1.82, 2.24) is 0 Å². The summed E-state index contributed by atoms with van der Waals surface area (Å²) in [6, 6.07) is 8.77. The van der Waals surface area contributed by atoms with Crippen LogP contribution in [0.5, 0.6) is 17.2 Å². The molecule has 0 aliphatic heterocycles. The standard InChI is InChI=1S/C18H19NO7/c1-4-25-17-10-12(5-7-16(17)24-3)18(20)26-11-13-9-14(19(21)22)6-8-15(13)23-2/h5-10H,4,11H2,1-3H3. The van der Waals surface area contributed by atoms with Gasteiger partial charge in [0.15, 0.2) is 11.5 Å². The highest BCUT2D eigenvalue weighted by Crippen LogP contribution is 2.29. The van der Waals surface area contributed by atoms with Crippen LogP contribution in [0.3, 0.4) is 0 Å². The zero-order chi connectivity index (χ0) is 19.1. The fraction of sp³-hybridized carbons (Fsp3) is 0.278. The Morgan fingerprint density at radius 2 is 1.73 bits per heavy atom. The number of carbonyl (C=O) groups is 1. The van der Waals surface area contributed by atoms with E-state index in [1.54, 1.807) is 12.1 Å². The minimum Gasteiger partial charge on any atom is -0.496 e. The highest BCUT2D eigenvalue weighted by atomic mass is 16.6. The second kappa shape index (κ2) is 8.70. The Balaban J connectivity index is 2.17. The number of hydrogen-bond donors (Lipinski definition) is 0. The topological polar surface area (TPSA) is 97.1 Å². The molecule has 0 amide bonds. The summed E-state index contributed by atoms with van der Waals surface area (Å²) in [5.74, 6) is 0.733. The smallest absolute Gasteiger partial charge is 0.338 e. The van der Waals surface area contributed by atoms with Crippen molar-refractivity contribution in [2.75, 3.05) is 20.8 Å². The van der Waals surface area contributed by atoms with Crippen LogP contribution in [0.4, 0.5) is 5.69 Å². The van der Waals surface area contributed by atoms with Gasteiger partial charge in [0.2, 0.25) is 0 Å². The number of ether oxygens (including phenoxy) is 4. The van der Waals surface area contributed by atoms with Crippen LogP contribution in [0, 0.1) is 10.1 Å². The summed E-state index contributed by atoms with van der Waals surface area (Å²) < 4.78 is 21.0. The van der Waals surface area contributed by atoms with E-state index in [2.05, 4.69) is 0 Å². The van der Waals surface area contributed by atoms with Crippen molar-refractivity contribution in [3.63, 3.8) is 0 Å². The molecular weight excluding hydrogens is 342 g/mol. The van der Waals surface area contributed by atoms with E-state index in [0.29, 0.717) is 29.4 Å². The number of benzene rings is 2. The quantitative estimate of drug-likeness (QED) is 0.404. The van der Waals surface area contributed by atoms with Crippen LogP contribution in [0.1, 0.15) is 22.8 Å². The molecule has 0 unspecified atom stereocenters. The Kier molecular flexibility index (Phi) is 6.37. The zero-order valence-electron chi connectivity index (χ0n) is 14.7. The number of non-ortho nitro benzene ring substituents is 1. The van der Waals surface area contributed by atoms with Gasteiger partial charge in [0, 0.05) is 17.7 Å². The number of nitro benzene ring substituents is 1. The van der Waals surface area contributed by atoms with Crippen LogP contribution in [0.15, 0.2) is 36.4 Å². The molecule has 0 fully saturated rings. The van der Waals surface area contributed by atoms with Gasteiger partial charge in [0.05, 0.1) is 31.3 Å². The van der Waals surface area contributed by atoms with Crippen molar-refractivity contribution >= 4 is 11.7 Å². The molecule has 0 heterocycles. The molecule has 0 aliphatic carbocycles. The first-order valence-corrected chi connectivity index (χ1v) is 7.79. The molecule has 0 aromatic heterocycles. The number of rotatable bonds is 8. The minimum atomic E-state index is -0.595. The van der Waals surface area contributed by atoms with Crippen molar-refractivity contribution in [3.05, 3.63) is 57.6 Å². The molecule has 2 rings (SSSR count). The highest BCUT2D eigenvalue weighted by molar-refractivity contribution is 5.90. The maximum atomic E-state index is 12.3. The molecule has 0 N–H and O–H groups in total. The number of nitro groups is 1. The third-order valence-electron chi connectivity index (χ3n) is 3.53. The van der Waals surface area contributed by atoms with E-state index in [0.717, 1.165) is 0 Å². The van der Waals surface area contributed by atoms with E-state index in [1.165, 1.54) is 38.5 Å². The van der Waals surface area contributed by atoms with Gasteiger partial charge in [-0.25, -0.2) is 4.79 Å². The first-order chi connectivity index (χ1) is 12.5. The first-order valence-electron chi connectivity index (χ1n) is 7.79. The van der Waals surface area contributed by atoms with Crippen LogP contribution < -0.4 is 14.2 Å². The van der Waals surface area contributed by atoms with Crippen molar-refractivity contribution in [2.24, 2.45) is 0 Å². The highest BCUT2D eigenvalue weighted by Gasteiger charge is 2.16. The molecule has 0 radical (unpaired) electrons. The van der Waals surface area contributed by atoms with Crippen LogP contribution >= 0.6 is 0 Å². The Labute approximate surface area is 150 Å². The third kappa shape index (κ3) is 4.41. The molecule has 2 aromatic carbocycles. The van der Waals surface area contributed by atoms with Crippen LogP contribution in [-0.4, -0.2) is 31.7 Å². The molecule has 0 saturated heterocycles. The van der Waals surface area contributed by atoms with Gasteiger partial charge >= 0.3 is 5.97 Å². The molecular formula is C18H19NO7. The molecule has 0 spiro atoms. The Morgan fingerprint density at radius 3 is 2.35 bits per heavy atom. The predicted molar refractivity (Wildman–Crippen MR) is 92.9 cm³/mol. The second-order valence-corrected chi connectivity index (χ2v) is 5.13. The second-order valence-electron chi connectivity index (χ2n) is 5.13. The minimum absolute atomic E-state index is 0.111. The average molecular weight is 361 g/mol. The van der Waals surface area contributed by atoms with Crippen molar-refractivity contribution in [1.29, 1.82) is 0 Å². The van der Waals surface area contributed by atoms with E-state index in [4.69, 9.17) is 18.9 Å². The number of methoxy groups -OCH3 is 2. The average Bonchev–Trinajstić information content (AvgIpc) is 2.65. The van der Waals surface area contributed by atoms with Gasteiger partial charge < -0.3 is 18.9 Å². The van der Waals surface area contributed by atoms with Gasteiger partial charge in [-0.15, -0.1) is 0 Å². The van der Waals surface area contributed by atoms with Crippen LogP contribution in [-0.2, 0) is 11.3 Å². The molecule has 0 saturated carbocycles. The van der Waals surface area contributed by atoms with Gasteiger partial charge in [0.1, 0.15) is 12.4 Å². The largest absolute Gasteiger partial charge is 0.496 e. The van der Waals surface area contributed by atoms with E-state index in [9.17, 15) is 14.9 Å². The Hall–Kier alpha value is -3.29. The maximum Gasteiger partial charge on any atom is 0.338 e. The lowest BCUT2D eigenvalue weighted by Gasteiger charge is -2.12. The van der Waals surface area contributed by atoms with Gasteiger partial charge in [0.25, 0.3) is 5.69 Å². The monoisotopic (exact) mass is 361 g/mol. The molecule has 0 bridgehead atoms. The van der Waals surface area contributed by atoms with Gasteiger partial charge in [-0.3, -0.25) is 10.1 Å². The summed E-state index contributed by atoms with van der Waals surface area (Å²) in [5, 5.41) is 10.9. The van der Waals surface area contributed by atoms with Crippen molar-refractivity contribution in [3.8, 4) is 17.2 Å². The predicted octanol–water partition coefficient (Wildman–Crippen LogP) is 3.37. The fourth-order valence-corrected chi connectivity index (χ4v) is 2.29. The van der Waals surface area contributed by atoms with Gasteiger partial charge in [-0.1, -0.05) is 0 Å². The van der Waals surface area contributed by atoms with E-state index in [1.807, 2.05) is 6.92 Å². The SMILES string of the molecule is CCOc1cc(C(=O)OCc2cc([N+](=O)[O-])ccc2OC)ccc1OC. The lowest BCUT2D eigenvalue weighted by Crippen LogP contribution is -2.07. The van der Waals surface area contributed by atoms with Gasteiger partial charge in [-0.2, -0.15) is 0 Å². The lowest BCUT2D eigenvalue weighted by atomic mass is 10.2. The van der Waals surface area contributed by atoms with Crippen molar-refractivity contribution in [2.45, 2.75) is 13.5 Å². The molecule has 8 heteroatoms. The summed E-state index contributed by atoms with van der Waals surface area (Å²) in [6.07, 6.45) is 0. The molecule has 26 heavy (non-hydrogen) atoms. The third-order valence-corrected chi connectivity index (χ3v) is 3.53. The summed E-state index contributed by atoms with van der Waals surface area (Å²) >= 11 is 0. The van der Waals surface area contributed by atoms with Crippen molar-refractivity contribution < 1.29 is 28.7 Å². The molecule has 0 atom stereocenters. The maximum absolute atomic E-state index is 12.3.